The van der Waals surface area contributed by atoms with Gasteiger partial charge in [0.25, 0.3) is 0 Å². The summed E-state index contributed by atoms with van der Waals surface area (Å²) in [6.45, 7) is 3.35. The zero-order chi connectivity index (χ0) is 14.5. The van der Waals surface area contributed by atoms with E-state index < -0.39 is 10.0 Å². The molecule has 6 nitrogen and oxygen atoms in total. The lowest BCUT2D eigenvalue weighted by Crippen LogP contribution is -2.31. The van der Waals surface area contributed by atoms with Crippen LogP contribution in [-0.2, 0) is 19.6 Å². The molecule has 0 fully saturated rings. The second-order valence-corrected chi connectivity index (χ2v) is 5.87. The van der Waals surface area contributed by atoms with Crippen LogP contribution < -0.4 is 10.0 Å². The Morgan fingerprint density at radius 3 is 2.37 bits per heavy atom. The van der Waals surface area contributed by atoms with Gasteiger partial charge in [-0.3, -0.25) is 4.79 Å². The van der Waals surface area contributed by atoms with Gasteiger partial charge in [0.2, 0.25) is 15.9 Å². The number of carbonyl (C=O) groups is 1. The van der Waals surface area contributed by atoms with E-state index in [0.29, 0.717) is 5.69 Å². The smallest absolute Gasteiger partial charge is 0.240 e. The summed E-state index contributed by atoms with van der Waals surface area (Å²) in [5.41, 5.74) is 0.553. The number of nitrogens with one attached hydrogen (secondary N) is 2. The Labute approximate surface area is 113 Å². The Hall–Kier alpha value is -1.44. The minimum absolute atomic E-state index is 0.143. The van der Waals surface area contributed by atoms with Gasteiger partial charge in [0.05, 0.1) is 11.0 Å². The maximum absolute atomic E-state index is 11.9. The highest BCUT2D eigenvalue weighted by molar-refractivity contribution is 7.89. The number of carbonyl (C=O) groups excluding carboxylic acids is 1. The average molecular weight is 286 g/mol. The fraction of sp³-hybridized carbons (Fsp3) is 0.417. The second kappa shape index (κ2) is 6.65. The molecule has 0 aliphatic heterocycles. The van der Waals surface area contributed by atoms with Crippen molar-refractivity contribution in [1.29, 1.82) is 0 Å². The third-order valence-electron chi connectivity index (χ3n) is 2.45. The van der Waals surface area contributed by atoms with E-state index in [-0.39, 0.29) is 23.5 Å². The first kappa shape index (κ1) is 15.6. The van der Waals surface area contributed by atoms with Crippen LogP contribution in [0.5, 0.6) is 0 Å². The summed E-state index contributed by atoms with van der Waals surface area (Å²) < 4.78 is 31.3. The number of hydrogen-bond acceptors (Lipinski definition) is 4. The third kappa shape index (κ3) is 4.98. The van der Waals surface area contributed by atoms with Gasteiger partial charge in [-0.2, -0.15) is 0 Å². The van der Waals surface area contributed by atoms with Gasteiger partial charge in [-0.05, 0) is 31.2 Å². The lowest BCUT2D eigenvalue weighted by molar-refractivity contribution is -0.114. The van der Waals surface area contributed by atoms with Gasteiger partial charge in [0, 0.05) is 26.3 Å². The highest BCUT2D eigenvalue weighted by Crippen LogP contribution is 2.13. The van der Waals surface area contributed by atoms with Crippen LogP contribution in [0.1, 0.15) is 13.8 Å². The summed E-state index contributed by atoms with van der Waals surface area (Å²) in [5, 5.41) is 2.57. The number of ether oxygens (including phenoxy) is 1. The van der Waals surface area contributed by atoms with E-state index >= 15 is 0 Å². The molecule has 7 heteroatoms. The van der Waals surface area contributed by atoms with Gasteiger partial charge in [0.15, 0.2) is 0 Å². The van der Waals surface area contributed by atoms with Gasteiger partial charge in [-0.15, -0.1) is 0 Å². The van der Waals surface area contributed by atoms with Gasteiger partial charge in [-0.25, -0.2) is 13.1 Å². The Bertz CT molecular complexity index is 525. The largest absolute Gasteiger partial charge is 0.380 e. The summed E-state index contributed by atoms with van der Waals surface area (Å²) in [5.74, 6) is -0.206. The molecule has 0 radical (unpaired) electrons. The quantitative estimate of drug-likeness (QED) is 0.815. The van der Waals surface area contributed by atoms with Gasteiger partial charge in [-0.1, -0.05) is 0 Å². The number of amides is 1. The number of rotatable bonds is 6. The van der Waals surface area contributed by atoms with E-state index in [9.17, 15) is 13.2 Å². The first-order valence-corrected chi connectivity index (χ1v) is 7.23. The molecule has 0 bridgehead atoms. The highest BCUT2D eigenvalue weighted by Gasteiger charge is 2.14. The van der Waals surface area contributed by atoms with Crippen LogP contribution in [0.25, 0.3) is 0 Å². The molecule has 106 valence electrons. The third-order valence-corrected chi connectivity index (χ3v) is 3.89. The van der Waals surface area contributed by atoms with Crippen LogP contribution in [-0.4, -0.2) is 34.1 Å². The van der Waals surface area contributed by atoms with Crippen molar-refractivity contribution in [3.63, 3.8) is 0 Å². The standard InChI is InChI=1S/C12H18N2O4S/c1-9(18-3)8-13-19(16,17)12-6-4-11(5-7-12)14-10(2)15/h4-7,9,13H,8H2,1-3H3,(H,14,15). The van der Waals surface area contributed by atoms with E-state index in [0.717, 1.165) is 0 Å². The first-order valence-electron chi connectivity index (χ1n) is 5.75. The molecule has 0 saturated carbocycles. The zero-order valence-electron chi connectivity index (χ0n) is 11.1. The lowest BCUT2D eigenvalue weighted by atomic mass is 10.3. The molecule has 1 atom stereocenters. The van der Waals surface area contributed by atoms with Crippen molar-refractivity contribution in [3.8, 4) is 0 Å². The summed E-state index contributed by atoms with van der Waals surface area (Å²) in [6.07, 6.45) is -0.201. The Morgan fingerprint density at radius 2 is 1.89 bits per heavy atom. The van der Waals surface area contributed by atoms with E-state index in [4.69, 9.17) is 4.74 Å². The minimum Gasteiger partial charge on any atom is -0.380 e. The van der Waals surface area contributed by atoms with Crippen molar-refractivity contribution in [2.75, 3.05) is 19.0 Å². The number of anilines is 1. The molecule has 1 unspecified atom stereocenters. The Kier molecular flexibility index (Phi) is 5.46. The molecule has 2 N–H and O–H groups in total. The molecule has 0 aromatic heterocycles. The molecule has 1 aromatic carbocycles. The Balaban J connectivity index is 2.76. The molecule has 0 aliphatic rings. The van der Waals surface area contributed by atoms with Gasteiger partial charge < -0.3 is 10.1 Å². The SMILES string of the molecule is COC(C)CNS(=O)(=O)c1ccc(NC(C)=O)cc1. The first-order chi connectivity index (χ1) is 8.85. The maximum Gasteiger partial charge on any atom is 0.240 e. The van der Waals surface area contributed by atoms with E-state index in [1.807, 2.05) is 0 Å². The van der Waals surface area contributed by atoms with Crippen LogP contribution in [0.2, 0.25) is 0 Å². The fourth-order valence-corrected chi connectivity index (χ4v) is 2.43. The van der Waals surface area contributed by atoms with E-state index in [1.165, 1.54) is 38.3 Å². The lowest BCUT2D eigenvalue weighted by Gasteiger charge is -2.11. The van der Waals surface area contributed by atoms with Crippen molar-refractivity contribution >= 4 is 21.6 Å². The topological polar surface area (TPSA) is 84.5 Å². The van der Waals surface area contributed by atoms with Crippen molar-refractivity contribution in [2.24, 2.45) is 0 Å². The number of hydrogen-bond donors (Lipinski definition) is 2. The summed E-state index contributed by atoms with van der Waals surface area (Å²) in [4.78, 5) is 11.0. The molecule has 1 rings (SSSR count). The molecule has 0 heterocycles. The second-order valence-electron chi connectivity index (χ2n) is 4.10. The Morgan fingerprint density at radius 1 is 1.32 bits per heavy atom. The maximum atomic E-state index is 11.9. The molecule has 1 amide bonds. The highest BCUT2D eigenvalue weighted by atomic mass is 32.2. The van der Waals surface area contributed by atoms with Crippen LogP contribution >= 0.6 is 0 Å². The number of benzene rings is 1. The predicted octanol–water partition coefficient (Wildman–Crippen LogP) is 0.958. The molecule has 19 heavy (non-hydrogen) atoms. The molecule has 1 aromatic rings. The summed E-state index contributed by atoms with van der Waals surface area (Å²) >= 11 is 0. The number of methoxy groups -OCH3 is 1. The van der Waals surface area contributed by atoms with Gasteiger partial charge >= 0.3 is 0 Å². The van der Waals surface area contributed by atoms with Crippen molar-refractivity contribution in [1.82, 2.24) is 4.72 Å². The summed E-state index contributed by atoms with van der Waals surface area (Å²) in [6, 6.07) is 5.95. The number of sulfonamides is 1. The van der Waals surface area contributed by atoms with Crippen LogP contribution in [0, 0.1) is 0 Å². The van der Waals surface area contributed by atoms with Crippen LogP contribution in [0.3, 0.4) is 0 Å². The fourth-order valence-electron chi connectivity index (χ4n) is 1.31. The van der Waals surface area contributed by atoms with Crippen molar-refractivity contribution in [3.05, 3.63) is 24.3 Å². The molecule has 0 saturated heterocycles. The van der Waals surface area contributed by atoms with E-state index in [1.54, 1.807) is 6.92 Å². The minimum atomic E-state index is -3.55. The predicted molar refractivity (Wildman–Crippen MR) is 72.4 cm³/mol. The van der Waals surface area contributed by atoms with Crippen molar-refractivity contribution < 1.29 is 17.9 Å². The molecular formula is C12H18N2O4S. The van der Waals surface area contributed by atoms with E-state index in [2.05, 4.69) is 10.0 Å². The van der Waals surface area contributed by atoms with Crippen LogP contribution in [0.4, 0.5) is 5.69 Å². The monoisotopic (exact) mass is 286 g/mol. The average Bonchev–Trinajstić information content (AvgIpc) is 2.36. The summed E-state index contributed by atoms with van der Waals surface area (Å²) in [7, 11) is -2.04. The van der Waals surface area contributed by atoms with Gasteiger partial charge in [0.1, 0.15) is 0 Å². The molecular weight excluding hydrogens is 268 g/mol. The molecule has 0 spiro atoms. The molecule has 0 aliphatic carbocycles. The zero-order valence-corrected chi connectivity index (χ0v) is 12.0. The van der Waals surface area contributed by atoms with Crippen molar-refractivity contribution in [2.45, 2.75) is 24.8 Å². The normalized spacial score (nSPS) is 13.0. The van der Waals surface area contributed by atoms with Crippen LogP contribution in [0.15, 0.2) is 29.2 Å².